The van der Waals surface area contributed by atoms with Crippen LogP contribution in [0.5, 0.6) is 0 Å². The van der Waals surface area contributed by atoms with Crippen molar-refractivity contribution in [2.75, 3.05) is 0 Å². The van der Waals surface area contributed by atoms with E-state index in [-0.39, 0.29) is 0 Å². The molecule has 4 aromatic rings. The summed E-state index contributed by atoms with van der Waals surface area (Å²) in [6, 6.07) is 20.6. The summed E-state index contributed by atoms with van der Waals surface area (Å²) in [7, 11) is 0. The van der Waals surface area contributed by atoms with Gasteiger partial charge >= 0.3 is 0 Å². The quantitative estimate of drug-likeness (QED) is 0.262. The van der Waals surface area contributed by atoms with Gasteiger partial charge in [-0.2, -0.15) is 0 Å². The second-order valence-corrected chi connectivity index (χ2v) is 6.17. The molecule has 4 aromatic carbocycles. The van der Waals surface area contributed by atoms with Crippen molar-refractivity contribution in [2.45, 2.75) is 0 Å². The van der Waals surface area contributed by atoms with Crippen LogP contribution in [0.1, 0.15) is 15.9 Å². The van der Waals surface area contributed by atoms with Crippen LogP contribution < -0.4 is 0 Å². The fourth-order valence-corrected chi connectivity index (χ4v) is 3.52. The van der Waals surface area contributed by atoms with Crippen LogP contribution in [0, 0.1) is 0 Å². The molecule has 0 aromatic heterocycles. The van der Waals surface area contributed by atoms with E-state index in [1.54, 1.807) is 6.08 Å². The molecule has 0 aliphatic heterocycles. The minimum Gasteiger partial charge on any atom is -0.286 e. The molecule has 0 atom stereocenters. The third kappa shape index (κ3) is 1.77. The van der Waals surface area contributed by atoms with Crippen molar-refractivity contribution in [3.8, 4) is 0 Å². The van der Waals surface area contributed by atoms with E-state index < -0.39 is 11.6 Å². The van der Waals surface area contributed by atoms with E-state index in [9.17, 15) is 9.59 Å². The van der Waals surface area contributed by atoms with Gasteiger partial charge in [-0.25, -0.2) is 0 Å². The molecule has 0 fully saturated rings. The lowest BCUT2D eigenvalue weighted by Crippen LogP contribution is -2.16. The molecule has 0 bridgehead atoms. The second kappa shape index (κ2) is 4.62. The van der Waals surface area contributed by atoms with Crippen molar-refractivity contribution in [1.82, 2.24) is 0 Å². The number of Topliss-reactive ketones (excluding diaryl/α,β-unsaturated/α-hetero) is 1. The molecule has 0 saturated carbocycles. The van der Waals surface area contributed by atoms with E-state index in [0.29, 0.717) is 5.56 Å². The fourth-order valence-electron chi connectivity index (χ4n) is 3.52. The zero-order chi connectivity index (χ0) is 16.3. The van der Waals surface area contributed by atoms with E-state index in [1.807, 2.05) is 30.3 Å². The normalized spacial score (nSPS) is 13.8. The average Bonchev–Trinajstić information content (AvgIpc) is 2.62. The molecule has 2 heteroatoms. The Hall–Kier alpha value is -3.26. The molecule has 1 aliphatic rings. The molecule has 2 nitrogen and oxygen atoms in total. The number of allylic oxidation sites excluding steroid dienone is 1. The molecule has 1 aliphatic carbocycles. The highest BCUT2D eigenvalue weighted by molar-refractivity contribution is 6.50. The van der Waals surface area contributed by atoms with Crippen LogP contribution in [-0.2, 0) is 4.79 Å². The molecular weight excluding hydrogens is 296 g/mol. The maximum atomic E-state index is 12.1. The number of benzene rings is 4. The smallest absolute Gasteiger partial charge is 0.233 e. The van der Waals surface area contributed by atoms with E-state index in [2.05, 4.69) is 30.3 Å². The number of hydrogen-bond donors (Lipinski definition) is 0. The standard InChI is InChI=1S/C22H12O2/c23-21-8-7-17-11-19-16(12-20(17)22(21)24)6-5-15-9-13-3-1-2-4-14(13)10-18(15)19/h1-12H. The van der Waals surface area contributed by atoms with Crippen LogP contribution >= 0.6 is 0 Å². The lowest BCUT2D eigenvalue weighted by molar-refractivity contribution is -0.110. The number of hydrogen-bond acceptors (Lipinski definition) is 2. The highest BCUT2D eigenvalue weighted by Gasteiger charge is 2.21. The van der Waals surface area contributed by atoms with Crippen LogP contribution in [0.15, 0.2) is 66.7 Å². The van der Waals surface area contributed by atoms with Crippen molar-refractivity contribution >= 4 is 50.0 Å². The molecule has 0 N–H and O–H groups in total. The van der Waals surface area contributed by atoms with Gasteiger partial charge in [0.15, 0.2) is 0 Å². The Labute approximate surface area is 138 Å². The first-order valence-corrected chi connectivity index (χ1v) is 7.87. The van der Waals surface area contributed by atoms with Crippen LogP contribution in [0.3, 0.4) is 0 Å². The predicted molar refractivity (Wildman–Crippen MR) is 97.3 cm³/mol. The summed E-state index contributed by atoms with van der Waals surface area (Å²) in [5.41, 5.74) is 1.31. The Morgan fingerprint density at radius 2 is 1.25 bits per heavy atom. The third-order valence-corrected chi connectivity index (χ3v) is 4.75. The summed E-state index contributed by atoms with van der Waals surface area (Å²) in [5.74, 6) is -0.873. The first-order valence-electron chi connectivity index (χ1n) is 7.87. The summed E-state index contributed by atoms with van der Waals surface area (Å²) in [4.78, 5) is 23.7. The van der Waals surface area contributed by atoms with Gasteiger partial charge in [0.05, 0.1) is 0 Å². The van der Waals surface area contributed by atoms with Gasteiger partial charge in [-0.1, -0.05) is 42.5 Å². The maximum absolute atomic E-state index is 12.1. The predicted octanol–water partition coefficient (Wildman–Crippen LogP) is 4.92. The van der Waals surface area contributed by atoms with Crippen molar-refractivity contribution in [2.24, 2.45) is 0 Å². The SMILES string of the molecule is O=C1C=Cc2cc3c(ccc4cc5ccccc5cc43)cc2C1=O. The van der Waals surface area contributed by atoms with Crippen molar-refractivity contribution in [3.63, 3.8) is 0 Å². The molecule has 0 spiro atoms. The largest absolute Gasteiger partial charge is 0.286 e. The Morgan fingerprint density at radius 3 is 2.04 bits per heavy atom. The molecule has 0 saturated heterocycles. The Morgan fingerprint density at radius 1 is 0.583 bits per heavy atom. The van der Waals surface area contributed by atoms with Crippen molar-refractivity contribution in [1.29, 1.82) is 0 Å². The highest BCUT2D eigenvalue weighted by Crippen LogP contribution is 2.32. The zero-order valence-corrected chi connectivity index (χ0v) is 12.7. The fraction of sp³-hybridized carbons (Fsp3) is 0. The average molecular weight is 308 g/mol. The summed E-state index contributed by atoms with van der Waals surface area (Å²) >= 11 is 0. The van der Waals surface area contributed by atoms with E-state index in [0.717, 1.165) is 21.7 Å². The second-order valence-electron chi connectivity index (χ2n) is 6.17. The number of carbonyl (C=O) groups is 2. The van der Waals surface area contributed by atoms with Crippen LogP contribution in [-0.4, -0.2) is 11.6 Å². The summed E-state index contributed by atoms with van der Waals surface area (Å²) in [6.07, 6.45) is 3.09. The van der Waals surface area contributed by atoms with E-state index in [1.165, 1.54) is 22.2 Å². The molecule has 0 heterocycles. The van der Waals surface area contributed by atoms with Gasteiger partial charge in [-0.05, 0) is 68.2 Å². The highest BCUT2D eigenvalue weighted by atomic mass is 16.2. The van der Waals surface area contributed by atoms with Gasteiger partial charge in [0.25, 0.3) is 0 Å². The Balaban J connectivity index is 1.91. The Kier molecular flexibility index (Phi) is 2.54. The van der Waals surface area contributed by atoms with E-state index in [4.69, 9.17) is 0 Å². The monoisotopic (exact) mass is 308 g/mol. The van der Waals surface area contributed by atoms with Crippen molar-refractivity contribution in [3.05, 3.63) is 77.9 Å². The first kappa shape index (κ1) is 13.2. The minimum atomic E-state index is -0.450. The van der Waals surface area contributed by atoms with Crippen LogP contribution in [0.2, 0.25) is 0 Å². The summed E-state index contributed by atoms with van der Waals surface area (Å²) in [6.45, 7) is 0. The van der Waals surface area contributed by atoms with Gasteiger partial charge in [0, 0.05) is 5.56 Å². The molecule has 112 valence electrons. The lowest BCUT2D eigenvalue weighted by Gasteiger charge is -2.12. The summed E-state index contributed by atoms with van der Waals surface area (Å²) in [5, 5.41) is 6.81. The van der Waals surface area contributed by atoms with Gasteiger partial charge in [0.1, 0.15) is 0 Å². The maximum Gasteiger partial charge on any atom is 0.233 e. The van der Waals surface area contributed by atoms with Gasteiger partial charge in [-0.15, -0.1) is 0 Å². The van der Waals surface area contributed by atoms with Gasteiger partial charge in [-0.3, -0.25) is 9.59 Å². The lowest BCUT2D eigenvalue weighted by atomic mass is 9.90. The Bertz CT molecular complexity index is 1230. The molecule has 0 unspecified atom stereocenters. The topological polar surface area (TPSA) is 34.1 Å². The zero-order valence-electron chi connectivity index (χ0n) is 12.7. The molecule has 0 amide bonds. The van der Waals surface area contributed by atoms with Gasteiger partial charge < -0.3 is 0 Å². The van der Waals surface area contributed by atoms with Crippen LogP contribution in [0.25, 0.3) is 38.4 Å². The van der Waals surface area contributed by atoms with Crippen molar-refractivity contribution < 1.29 is 9.59 Å². The van der Waals surface area contributed by atoms with Crippen LogP contribution in [0.4, 0.5) is 0 Å². The number of fused-ring (bicyclic) bond motifs is 5. The third-order valence-electron chi connectivity index (χ3n) is 4.75. The molecule has 0 radical (unpaired) electrons. The van der Waals surface area contributed by atoms with E-state index >= 15 is 0 Å². The molecular formula is C22H12O2. The van der Waals surface area contributed by atoms with Gasteiger partial charge in [0.2, 0.25) is 11.6 Å². The minimum absolute atomic E-state index is 0.423. The number of carbonyl (C=O) groups excluding carboxylic acids is 2. The molecule has 24 heavy (non-hydrogen) atoms. The summed E-state index contributed by atoms with van der Waals surface area (Å²) < 4.78 is 0. The molecule has 5 rings (SSSR count). The number of ketones is 2. The number of rotatable bonds is 0. The first-order chi connectivity index (χ1) is 11.7.